The maximum Gasteiger partial charge on any atom is 0.245 e. The number of hydrogen-bond donors (Lipinski definition) is 0. The summed E-state index contributed by atoms with van der Waals surface area (Å²) in [6.45, 7) is 13.9. The number of rotatable bonds is 10. The highest BCUT2D eigenvalue weighted by molar-refractivity contribution is 6.72. The van der Waals surface area contributed by atoms with Crippen LogP contribution in [0.5, 0.6) is 11.5 Å². The molecule has 0 bridgehead atoms. The molecule has 0 fully saturated rings. The van der Waals surface area contributed by atoms with Gasteiger partial charge < -0.3 is 8.85 Å². The minimum atomic E-state index is -1.81. The first-order valence-corrected chi connectivity index (χ1v) is 17.6. The van der Waals surface area contributed by atoms with Crippen molar-refractivity contribution in [2.75, 3.05) is 0 Å². The van der Waals surface area contributed by atoms with Crippen molar-refractivity contribution in [3.63, 3.8) is 0 Å². The first-order valence-electron chi connectivity index (χ1n) is 11.4. The van der Waals surface area contributed by atoms with E-state index in [2.05, 4.69) is 76.4 Å². The summed E-state index contributed by atoms with van der Waals surface area (Å²) in [7, 11) is -3.58. The number of benzene rings is 2. The molecule has 0 saturated heterocycles. The van der Waals surface area contributed by atoms with Crippen molar-refractivity contribution in [3.8, 4) is 22.6 Å². The molecule has 4 heteroatoms. The molecule has 29 heavy (non-hydrogen) atoms. The Bertz CT molecular complexity index is 843. The molecule has 158 valence electrons. The zero-order valence-electron chi connectivity index (χ0n) is 19.2. The average Bonchev–Trinajstić information content (AvgIpc) is 3.05. The lowest BCUT2D eigenvalue weighted by atomic mass is 10.1. The molecule has 0 spiro atoms. The van der Waals surface area contributed by atoms with Crippen molar-refractivity contribution in [1.29, 1.82) is 0 Å². The molecule has 0 N–H and O–H groups in total. The van der Waals surface area contributed by atoms with Crippen LogP contribution in [0.25, 0.3) is 11.1 Å². The third-order valence-electron chi connectivity index (χ3n) is 5.93. The van der Waals surface area contributed by atoms with E-state index in [9.17, 15) is 0 Å². The summed E-state index contributed by atoms with van der Waals surface area (Å²) in [6.07, 6.45) is 5.87. The fourth-order valence-electron chi connectivity index (χ4n) is 4.24. The van der Waals surface area contributed by atoms with Gasteiger partial charge >= 0.3 is 0 Å². The predicted molar refractivity (Wildman–Crippen MR) is 130 cm³/mol. The summed E-state index contributed by atoms with van der Waals surface area (Å²) in [5.74, 6) is 2.03. The SMILES string of the molecule is CCCC[Si](C)(C)Oc1ccc2c(c1O[Si](C)(C)CCCC)Cc1ccccc1-2. The van der Waals surface area contributed by atoms with Gasteiger partial charge in [0.25, 0.3) is 0 Å². The third-order valence-corrected chi connectivity index (χ3v) is 10.6. The van der Waals surface area contributed by atoms with Gasteiger partial charge in [-0.1, -0.05) is 69.9 Å². The summed E-state index contributed by atoms with van der Waals surface area (Å²) < 4.78 is 13.6. The van der Waals surface area contributed by atoms with Gasteiger partial charge in [-0.05, 0) is 61.0 Å². The Labute approximate surface area is 179 Å². The van der Waals surface area contributed by atoms with E-state index in [-0.39, 0.29) is 0 Å². The van der Waals surface area contributed by atoms with Gasteiger partial charge in [0.2, 0.25) is 16.6 Å². The minimum Gasteiger partial charge on any atom is -0.542 e. The van der Waals surface area contributed by atoms with Gasteiger partial charge in [0.05, 0.1) is 0 Å². The smallest absolute Gasteiger partial charge is 0.245 e. The van der Waals surface area contributed by atoms with Gasteiger partial charge in [0.15, 0.2) is 0 Å². The number of hydrogen-bond acceptors (Lipinski definition) is 2. The van der Waals surface area contributed by atoms with Crippen molar-refractivity contribution in [2.45, 2.75) is 84.2 Å². The number of unbranched alkanes of at least 4 members (excludes halogenated alkanes) is 2. The minimum absolute atomic E-state index is 0.952. The van der Waals surface area contributed by atoms with Crippen LogP contribution in [0.4, 0.5) is 0 Å². The summed E-state index contributed by atoms with van der Waals surface area (Å²) in [4.78, 5) is 0. The van der Waals surface area contributed by atoms with E-state index >= 15 is 0 Å². The second-order valence-corrected chi connectivity index (χ2v) is 18.1. The zero-order valence-corrected chi connectivity index (χ0v) is 21.2. The average molecular weight is 427 g/mol. The molecule has 3 rings (SSSR count). The monoisotopic (exact) mass is 426 g/mol. The van der Waals surface area contributed by atoms with Gasteiger partial charge in [0, 0.05) is 12.0 Å². The van der Waals surface area contributed by atoms with Gasteiger partial charge in [0.1, 0.15) is 11.5 Å². The lowest BCUT2D eigenvalue weighted by Crippen LogP contribution is -2.36. The standard InChI is InChI=1S/C25H38O2Si2/c1-7-9-17-28(3,4)26-24-16-15-22-21-14-12-11-13-20(21)19-23(22)25(24)27-29(5,6)18-10-8-2/h11-16H,7-10,17-19H2,1-6H3. The Kier molecular flexibility index (Phi) is 6.95. The van der Waals surface area contributed by atoms with Gasteiger partial charge in [-0.2, -0.15) is 0 Å². The Balaban J connectivity index is 1.99. The van der Waals surface area contributed by atoms with Crippen molar-refractivity contribution in [3.05, 3.63) is 47.5 Å². The summed E-state index contributed by atoms with van der Waals surface area (Å²) in [6, 6.07) is 15.6. The van der Waals surface area contributed by atoms with E-state index in [1.165, 1.54) is 60.0 Å². The van der Waals surface area contributed by atoms with Crippen LogP contribution >= 0.6 is 0 Å². The Hall–Kier alpha value is -1.53. The molecule has 1 aliphatic rings. The normalized spacial score (nSPS) is 13.2. The van der Waals surface area contributed by atoms with Crippen LogP contribution in [0.15, 0.2) is 36.4 Å². The van der Waals surface area contributed by atoms with E-state index < -0.39 is 16.6 Å². The maximum atomic E-state index is 6.90. The molecule has 2 nitrogen and oxygen atoms in total. The summed E-state index contributed by atoms with van der Waals surface area (Å²) in [5.41, 5.74) is 5.42. The first kappa shape index (κ1) is 22.2. The fourth-order valence-corrected chi connectivity index (χ4v) is 8.38. The van der Waals surface area contributed by atoms with E-state index in [1.807, 2.05) is 0 Å². The van der Waals surface area contributed by atoms with Crippen LogP contribution in [0.3, 0.4) is 0 Å². The van der Waals surface area contributed by atoms with Gasteiger partial charge in [-0.3, -0.25) is 0 Å². The first-order chi connectivity index (χ1) is 13.8. The molecule has 2 aromatic rings. The van der Waals surface area contributed by atoms with Crippen LogP contribution in [0.2, 0.25) is 38.3 Å². The molecule has 0 aliphatic heterocycles. The Morgan fingerprint density at radius 2 is 1.38 bits per heavy atom. The van der Waals surface area contributed by atoms with Crippen molar-refractivity contribution >= 4 is 16.6 Å². The molecule has 0 amide bonds. The number of fused-ring (bicyclic) bond motifs is 3. The van der Waals surface area contributed by atoms with Gasteiger partial charge in [-0.15, -0.1) is 0 Å². The summed E-state index contributed by atoms with van der Waals surface area (Å²) in [5, 5.41) is 0. The van der Waals surface area contributed by atoms with E-state index in [0.29, 0.717) is 0 Å². The zero-order chi connectivity index (χ0) is 21.1. The molecule has 0 aromatic heterocycles. The summed E-state index contributed by atoms with van der Waals surface area (Å²) >= 11 is 0. The predicted octanol–water partition coefficient (Wildman–Crippen LogP) is 8.03. The molecule has 2 aromatic carbocycles. The quantitative estimate of drug-likeness (QED) is 0.305. The van der Waals surface area contributed by atoms with E-state index in [0.717, 1.165) is 17.9 Å². The van der Waals surface area contributed by atoms with Gasteiger partial charge in [-0.25, -0.2) is 0 Å². The lowest BCUT2D eigenvalue weighted by molar-refractivity contribution is 0.474. The molecular formula is C25H38O2Si2. The molecule has 0 heterocycles. The molecule has 1 aliphatic carbocycles. The fraction of sp³-hybridized carbons (Fsp3) is 0.520. The molecule has 0 unspecified atom stereocenters. The molecule has 0 radical (unpaired) electrons. The Morgan fingerprint density at radius 1 is 0.759 bits per heavy atom. The Morgan fingerprint density at radius 3 is 2.03 bits per heavy atom. The maximum absolute atomic E-state index is 6.90. The van der Waals surface area contributed by atoms with Crippen LogP contribution in [-0.2, 0) is 6.42 Å². The van der Waals surface area contributed by atoms with Crippen molar-refractivity contribution in [1.82, 2.24) is 0 Å². The van der Waals surface area contributed by atoms with E-state index in [4.69, 9.17) is 8.85 Å². The van der Waals surface area contributed by atoms with Crippen LogP contribution in [0.1, 0.15) is 50.7 Å². The third kappa shape index (κ3) is 5.34. The van der Waals surface area contributed by atoms with Crippen LogP contribution < -0.4 is 8.85 Å². The van der Waals surface area contributed by atoms with Crippen molar-refractivity contribution in [2.24, 2.45) is 0 Å². The lowest BCUT2D eigenvalue weighted by Gasteiger charge is -2.31. The van der Waals surface area contributed by atoms with E-state index in [1.54, 1.807) is 0 Å². The van der Waals surface area contributed by atoms with Crippen LogP contribution in [0, 0.1) is 0 Å². The second-order valence-electron chi connectivity index (χ2n) is 9.68. The highest BCUT2D eigenvalue weighted by atomic mass is 28.4. The molecule has 0 atom stereocenters. The largest absolute Gasteiger partial charge is 0.542 e. The topological polar surface area (TPSA) is 18.5 Å². The second kappa shape index (κ2) is 9.09. The van der Waals surface area contributed by atoms with Crippen molar-refractivity contribution < 1.29 is 8.85 Å². The molecular weight excluding hydrogens is 388 g/mol. The highest BCUT2D eigenvalue weighted by Gasteiger charge is 2.32. The molecule has 0 saturated carbocycles. The highest BCUT2D eigenvalue weighted by Crippen LogP contribution is 2.47. The van der Waals surface area contributed by atoms with Crippen LogP contribution in [-0.4, -0.2) is 16.6 Å².